The van der Waals surface area contributed by atoms with Gasteiger partial charge in [0.05, 0.1) is 5.39 Å². The molecule has 1 atom stereocenters. The lowest BCUT2D eigenvalue weighted by Gasteiger charge is -2.33. The first-order chi connectivity index (χ1) is 15.6. The minimum Gasteiger partial charge on any atom is -0.324 e. The Bertz CT molecular complexity index is 1460. The Hall–Kier alpha value is -3.07. The Morgan fingerprint density at radius 3 is 2.85 bits per heavy atom. The van der Waals surface area contributed by atoms with Crippen LogP contribution in [-0.2, 0) is 24.2 Å². The van der Waals surface area contributed by atoms with E-state index in [0.717, 1.165) is 34.2 Å². The molecule has 0 spiro atoms. The maximum absolute atomic E-state index is 13.8. The van der Waals surface area contributed by atoms with Gasteiger partial charge in [-0.05, 0) is 60.8 Å². The number of amides is 1. The van der Waals surface area contributed by atoms with Gasteiger partial charge in [0.2, 0.25) is 5.91 Å². The molecule has 4 aromatic rings. The third-order valence-corrected chi connectivity index (χ3v) is 7.77. The molecule has 1 amide bonds. The number of aromatic nitrogens is 4. The summed E-state index contributed by atoms with van der Waals surface area (Å²) < 4.78 is 16.3. The minimum atomic E-state index is -0.451. The number of fused-ring (bicyclic) bond motifs is 5. The van der Waals surface area contributed by atoms with Crippen molar-refractivity contribution < 1.29 is 9.18 Å². The Balaban J connectivity index is 1.48. The van der Waals surface area contributed by atoms with Crippen LogP contribution in [0.25, 0.3) is 15.9 Å². The zero-order chi connectivity index (χ0) is 23.5. The number of thiophene rings is 1. The highest BCUT2D eigenvalue weighted by Crippen LogP contribution is 2.43. The van der Waals surface area contributed by atoms with E-state index in [1.165, 1.54) is 27.2 Å². The second-order valence-electron chi connectivity index (χ2n) is 9.88. The molecular weight excluding hydrogens is 441 g/mol. The van der Waals surface area contributed by atoms with E-state index in [1.807, 2.05) is 0 Å². The van der Waals surface area contributed by atoms with Gasteiger partial charge in [0, 0.05) is 10.6 Å². The van der Waals surface area contributed by atoms with Crippen LogP contribution in [0.3, 0.4) is 0 Å². The predicted molar refractivity (Wildman–Crippen MR) is 127 cm³/mol. The van der Waals surface area contributed by atoms with E-state index in [1.54, 1.807) is 30.4 Å². The molecule has 7 nitrogen and oxygen atoms in total. The number of rotatable bonds is 3. The fourth-order valence-corrected chi connectivity index (χ4v) is 5.81. The lowest BCUT2D eigenvalue weighted by molar-refractivity contribution is -0.117. The summed E-state index contributed by atoms with van der Waals surface area (Å²) in [7, 11) is 0. The van der Waals surface area contributed by atoms with Crippen molar-refractivity contribution in [2.75, 3.05) is 5.32 Å². The van der Waals surface area contributed by atoms with Crippen molar-refractivity contribution >= 4 is 38.8 Å². The van der Waals surface area contributed by atoms with Crippen molar-refractivity contribution in [3.8, 4) is 0 Å². The van der Waals surface area contributed by atoms with E-state index in [0.29, 0.717) is 22.8 Å². The van der Waals surface area contributed by atoms with Crippen LogP contribution in [0.4, 0.5) is 10.1 Å². The topological polar surface area (TPSA) is 81.3 Å². The van der Waals surface area contributed by atoms with Crippen LogP contribution in [0.1, 0.15) is 43.2 Å². The molecule has 1 N–H and O–H groups in total. The van der Waals surface area contributed by atoms with Crippen LogP contribution in [0, 0.1) is 24.1 Å². The van der Waals surface area contributed by atoms with Gasteiger partial charge in [-0.3, -0.25) is 4.79 Å². The van der Waals surface area contributed by atoms with Gasteiger partial charge in [0.1, 0.15) is 23.5 Å². The summed E-state index contributed by atoms with van der Waals surface area (Å²) >= 11 is 1.68. The molecule has 0 aliphatic heterocycles. The third kappa shape index (κ3) is 3.84. The first kappa shape index (κ1) is 21.8. The molecule has 3 heterocycles. The van der Waals surface area contributed by atoms with Crippen molar-refractivity contribution in [2.24, 2.45) is 11.3 Å². The molecule has 0 unspecified atom stereocenters. The van der Waals surface area contributed by atoms with Gasteiger partial charge in [-0.1, -0.05) is 26.8 Å². The summed E-state index contributed by atoms with van der Waals surface area (Å²) in [6, 6.07) is 4.47. The number of hydrogen-bond acceptors (Lipinski definition) is 5. The molecule has 1 aromatic carbocycles. The maximum Gasteiger partial charge on any atom is 0.352 e. The summed E-state index contributed by atoms with van der Waals surface area (Å²) in [5, 5.41) is 8.05. The molecule has 3 aromatic heterocycles. The Morgan fingerprint density at radius 1 is 1.33 bits per heavy atom. The second kappa shape index (κ2) is 7.76. The van der Waals surface area contributed by atoms with Crippen molar-refractivity contribution in [3.05, 3.63) is 56.8 Å². The number of benzene rings is 1. The highest BCUT2D eigenvalue weighted by Gasteiger charge is 2.32. The first-order valence-corrected chi connectivity index (χ1v) is 11.9. The van der Waals surface area contributed by atoms with E-state index in [9.17, 15) is 14.0 Å². The highest BCUT2D eigenvalue weighted by molar-refractivity contribution is 7.19. The van der Waals surface area contributed by atoms with Crippen LogP contribution in [0.15, 0.2) is 29.3 Å². The van der Waals surface area contributed by atoms with Crippen LogP contribution >= 0.6 is 11.3 Å². The van der Waals surface area contributed by atoms with Gasteiger partial charge in [-0.2, -0.15) is 0 Å². The summed E-state index contributed by atoms with van der Waals surface area (Å²) in [5.41, 5.74) is 2.41. The molecule has 1 aliphatic rings. The number of aryl methyl sites for hydroxylation is 2. The van der Waals surface area contributed by atoms with Gasteiger partial charge >= 0.3 is 5.69 Å². The van der Waals surface area contributed by atoms with Crippen molar-refractivity contribution in [1.82, 2.24) is 19.2 Å². The number of nitrogens with zero attached hydrogens (tertiary/aromatic N) is 4. The van der Waals surface area contributed by atoms with Gasteiger partial charge < -0.3 is 5.32 Å². The van der Waals surface area contributed by atoms with Crippen molar-refractivity contribution in [1.29, 1.82) is 0 Å². The van der Waals surface area contributed by atoms with Crippen LogP contribution in [0.2, 0.25) is 0 Å². The Kier molecular flexibility index (Phi) is 5.12. The normalized spacial score (nSPS) is 16.3. The average molecular weight is 468 g/mol. The molecule has 172 valence electrons. The summed E-state index contributed by atoms with van der Waals surface area (Å²) in [4.78, 5) is 32.2. The number of halogens is 1. The van der Waals surface area contributed by atoms with Crippen LogP contribution in [0.5, 0.6) is 0 Å². The molecule has 0 fully saturated rings. The summed E-state index contributed by atoms with van der Waals surface area (Å²) in [6.07, 6.45) is 4.51. The minimum absolute atomic E-state index is 0.239. The fourth-order valence-electron chi connectivity index (χ4n) is 4.55. The van der Waals surface area contributed by atoms with Crippen LogP contribution < -0.4 is 11.0 Å². The van der Waals surface area contributed by atoms with Crippen molar-refractivity contribution in [3.63, 3.8) is 0 Å². The summed E-state index contributed by atoms with van der Waals surface area (Å²) in [6.45, 7) is 8.23. The quantitative estimate of drug-likeness (QED) is 0.486. The Morgan fingerprint density at radius 2 is 2.12 bits per heavy atom. The number of carbonyl (C=O) groups is 1. The number of carbonyl (C=O) groups excluding carboxylic acids is 1. The van der Waals surface area contributed by atoms with Gasteiger partial charge in [-0.25, -0.2) is 23.3 Å². The third-order valence-electron chi connectivity index (χ3n) is 6.60. The fraction of sp³-hybridized carbons (Fsp3) is 0.417. The van der Waals surface area contributed by atoms with E-state index in [-0.39, 0.29) is 12.0 Å². The molecular formula is C24H26FN5O2S. The predicted octanol–water partition coefficient (Wildman–Crippen LogP) is 4.34. The van der Waals surface area contributed by atoms with Gasteiger partial charge in [0.15, 0.2) is 5.65 Å². The molecule has 0 saturated carbocycles. The molecule has 1 aliphatic carbocycles. The Labute approximate surface area is 194 Å². The standard InChI is InChI=1S/C24H26FN5O2S/c1-13-5-7-15(10-17(13)25)27-19(31)11-30-23(32)29-12-26-22-20(21(29)28-30)16-8-6-14(24(2,3)4)9-18(16)33-22/h5,7,10,12,14H,6,8-9,11H2,1-4H3,(H,27,31)/t14-/m0/s1. The molecule has 0 bridgehead atoms. The van der Waals surface area contributed by atoms with Crippen LogP contribution in [-0.4, -0.2) is 25.1 Å². The largest absolute Gasteiger partial charge is 0.352 e. The summed E-state index contributed by atoms with van der Waals surface area (Å²) in [5.74, 6) is -0.250. The smallest absolute Gasteiger partial charge is 0.324 e. The second-order valence-corrected chi connectivity index (χ2v) is 11.0. The first-order valence-electron chi connectivity index (χ1n) is 11.1. The lowest BCUT2D eigenvalue weighted by Crippen LogP contribution is -2.28. The molecule has 9 heteroatoms. The lowest BCUT2D eigenvalue weighted by atomic mass is 9.72. The zero-order valence-electron chi connectivity index (χ0n) is 19.1. The molecule has 33 heavy (non-hydrogen) atoms. The molecule has 0 radical (unpaired) electrons. The van der Waals surface area contributed by atoms with E-state index in [4.69, 9.17) is 0 Å². The number of hydrogen-bond donors (Lipinski definition) is 1. The van der Waals surface area contributed by atoms with E-state index >= 15 is 0 Å². The van der Waals surface area contributed by atoms with Crippen molar-refractivity contribution in [2.45, 2.75) is 53.5 Å². The average Bonchev–Trinajstić information content (AvgIpc) is 3.27. The maximum atomic E-state index is 13.8. The zero-order valence-corrected chi connectivity index (χ0v) is 19.9. The van der Waals surface area contributed by atoms with Gasteiger partial charge in [-0.15, -0.1) is 16.4 Å². The highest BCUT2D eigenvalue weighted by atomic mass is 32.1. The van der Waals surface area contributed by atoms with E-state index < -0.39 is 17.4 Å². The van der Waals surface area contributed by atoms with E-state index in [2.05, 4.69) is 36.2 Å². The monoisotopic (exact) mass is 467 g/mol. The number of anilines is 1. The molecule has 0 saturated heterocycles. The number of nitrogens with one attached hydrogen (secondary N) is 1. The SMILES string of the molecule is Cc1ccc(NC(=O)Cn2nc3c4c5c(sc4ncn3c2=O)C[C@@H](C(C)(C)C)CC5)cc1F. The molecule has 5 rings (SSSR count). The van der Waals surface area contributed by atoms with Gasteiger partial charge in [0.25, 0.3) is 0 Å².